The Morgan fingerprint density at radius 3 is 2.29 bits per heavy atom. The number of Topliss-reactive ketones (excluding diaryl/α,β-unsaturated/α-hetero) is 1. The van der Waals surface area contributed by atoms with Gasteiger partial charge in [-0.2, -0.15) is 0 Å². The molecule has 10 heteroatoms. The third kappa shape index (κ3) is 5.15. The molecule has 2 N–H and O–H groups in total. The maximum atomic E-state index is 13.5. The zero-order valence-electron chi connectivity index (χ0n) is 22.2. The minimum atomic E-state index is -3.68. The number of carbonyl (C=O) groups excluding carboxylic acids is 3. The summed E-state index contributed by atoms with van der Waals surface area (Å²) in [5.74, 6) is -1.30. The van der Waals surface area contributed by atoms with E-state index in [9.17, 15) is 27.2 Å². The van der Waals surface area contributed by atoms with E-state index in [0.717, 1.165) is 11.1 Å². The van der Waals surface area contributed by atoms with Crippen LogP contribution in [0.5, 0.6) is 0 Å². The first-order valence-corrected chi connectivity index (χ1v) is 14.9. The highest BCUT2D eigenvalue weighted by atomic mass is 32.2. The van der Waals surface area contributed by atoms with E-state index in [4.69, 9.17) is 4.42 Å². The molecule has 8 nitrogen and oxygen atoms in total. The van der Waals surface area contributed by atoms with E-state index >= 15 is 0 Å². The van der Waals surface area contributed by atoms with Gasteiger partial charge < -0.3 is 9.73 Å². The summed E-state index contributed by atoms with van der Waals surface area (Å²) in [4.78, 5) is 38.9. The first-order chi connectivity index (χ1) is 19.6. The standard InChI is InChI=1S/C31H27FN2O6S/c1-33-29(36)27-24-16-20(7-12-26(24)40-28(27)18-5-8-22(32)9-6-18)19-3-2-4-21(15-19)25(35)17-31(13-14-31)30(37)34-41(38,39)23-10-11-23/h2-9,12,15-16,23H,10-11,13-14,17H2,1H3,(H,33,36)(H,34,37). The number of carbonyl (C=O) groups is 3. The molecule has 1 heterocycles. The molecular formula is C31H27FN2O6S. The highest BCUT2D eigenvalue weighted by Gasteiger charge is 2.53. The topological polar surface area (TPSA) is 123 Å². The van der Waals surface area contributed by atoms with Gasteiger partial charge in [0.25, 0.3) is 5.91 Å². The van der Waals surface area contributed by atoms with Crippen LogP contribution in [0.25, 0.3) is 33.4 Å². The molecule has 2 amide bonds. The molecule has 210 valence electrons. The lowest BCUT2D eigenvalue weighted by atomic mass is 9.93. The van der Waals surface area contributed by atoms with Gasteiger partial charge in [0.2, 0.25) is 15.9 Å². The van der Waals surface area contributed by atoms with Crippen molar-refractivity contribution < 1.29 is 31.6 Å². The zero-order chi connectivity index (χ0) is 28.9. The van der Waals surface area contributed by atoms with E-state index in [0.29, 0.717) is 59.1 Å². The molecule has 41 heavy (non-hydrogen) atoms. The van der Waals surface area contributed by atoms with Gasteiger partial charge in [0.05, 0.1) is 16.2 Å². The number of halogens is 1. The molecule has 0 spiro atoms. The van der Waals surface area contributed by atoms with Crippen molar-refractivity contribution >= 4 is 38.6 Å². The van der Waals surface area contributed by atoms with E-state index in [-0.39, 0.29) is 18.1 Å². The molecule has 1 aromatic heterocycles. The van der Waals surface area contributed by atoms with Gasteiger partial charge in [-0.3, -0.25) is 19.1 Å². The van der Waals surface area contributed by atoms with Crippen LogP contribution in [0.3, 0.4) is 0 Å². The van der Waals surface area contributed by atoms with Crippen LogP contribution in [-0.4, -0.2) is 38.3 Å². The average Bonchev–Trinajstić information content (AvgIpc) is 3.90. The van der Waals surface area contributed by atoms with Gasteiger partial charge in [-0.1, -0.05) is 24.3 Å². The number of sulfonamides is 1. The molecule has 3 aromatic carbocycles. The SMILES string of the molecule is CNC(=O)c1c(-c2ccc(F)cc2)oc2ccc(-c3cccc(C(=O)CC4(C(=O)NS(=O)(=O)C5CC5)CC4)c3)cc12. The van der Waals surface area contributed by atoms with Gasteiger partial charge in [0.1, 0.15) is 17.2 Å². The number of ketones is 1. The molecule has 0 saturated heterocycles. The predicted octanol–water partition coefficient (Wildman–Crippen LogP) is 5.23. The summed E-state index contributed by atoms with van der Waals surface area (Å²) in [5.41, 5.74) is 2.20. The van der Waals surface area contributed by atoms with Crippen molar-refractivity contribution in [2.24, 2.45) is 5.41 Å². The van der Waals surface area contributed by atoms with Crippen LogP contribution in [-0.2, 0) is 14.8 Å². The fourth-order valence-corrected chi connectivity index (χ4v) is 6.45. The number of rotatable bonds is 9. The normalized spacial score (nSPS) is 15.9. The quantitative estimate of drug-likeness (QED) is 0.264. The second kappa shape index (κ2) is 9.95. The predicted molar refractivity (Wildman–Crippen MR) is 151 cm³/mol. The highest BCUT2D eigenvalue weighted by molar-refractivity contribution is 7.90. The number of furan rings is 1. The van der Waals surface area contributed by atoms with Gasteiger partial charge in [0, 0.05) is 30.0 Å². The van der Waals surface area contributed by atoms with Crippen molar-refractivity contribution in [3.8, 4) is 22.5 Å². The first-order valence-electron chi connectivity index (χ1n) is 13.3. The average molecular weight is 575 g/mol. The number of hydrogen-bond acceptors (Lipinski definition) is 6. The van der Waals surface area contributed by atoms with Crippen LogP contribution in [0, 0.1) is 11.2 Å². The molecular weight excluding hydrogens is 547 g/mol. The second-order valence-electron chi connectivity index (χ2n) is 10.7. The van der Waals surface area contributed by atoms with Gasteiger partial charge in [-0.25, -0.2) is 12.8 Å². The van der Waals surface area contributed by atoms with Crippen LogP contribution in [0.4, 0.5) is 4.39 Å². The Labute approximate surface area is 236 Å². The van der Waals surface area contributed by atoms with Gasteiger partial charge >= 0.3 is 0 Å². The molecule has 0 radical (unpaired) electrons. The largest absolute Gasteiger partial charge is 0.455 e. The fraction of sp³-hybridized carbons (Fsp3) is 0.258. The maximum absolute atomic E-state index is 13.5. The summed E-state index contributed by atoms with van der Waals surface area (Å²) in [6.07, 6.45) is 1.93. The van der Waals surface area contributed by atoms with Gasteiger partial charge in [0.15, 0.2) is 5.78 Å². The van der Waals surface area contributed by atoms with E-state index < -0.39 is 32.4 Å². The van der Waals surface area contributed by atoms with Crippen LogP contribution in [0.2, 0.25) is 0 Å². The van der Waals surface area contributed by atoms with Gasteiger partial charge in [-0.05, 0) is 79.3 Å². The fourth-order valence-electron chi connectivity index (χ4n) is 5.05. The monoisotopic (exact) mass is 574 g/mol. The van der Waals surface area contributed by atoms with Crippen molar-refractivity contribution in [2.45, 2.75) is 37.4 Å². The second-order valence-corrected chi connectivity index (χ2v) is 12.7. The summed E-state index contributed by atoms with van der Waals surface area (Å²) in [7, 11) is -2.17. The summed E-state index contributed by atoms with van der Waals surface area (Å²) in [6, 6.07) is 18.0. The number of fused-ring (bicyclic) bond motifs is 1. The van der Waals surface area contributed by atoms with E-state index in [2.05, 4.69) is 10.0 Å². The molecule has 0 bridgehead atoms. The Kier molecular flexibility index (Phi) is 6.53. The summed E-state index contributed by atoms with van der Waals surface area (Å²) in [5, 5.41) is 2.68. The molecule has 2 fully saturated rings. The smallest absolute Gasteiger partial charge is 0.255 e. The Morgan fingerprint density at radius 1 is 0.951 bits per heavy atom. The molecule has 6 rings (SSSR count). The molecule has 2 aliphatic carbocycles. The van der Waals surface area contributed by atoms with Crippen molar-refractivity contribution in [2.75, 3.05) is 7.05 Å². The minimum absolute atomic E-state index is 0.0783. The zero-order valence-corrected chi connectivity index (χ0v) is 23.0. The lowest BCUT2D eigenvalue weighted by Gasteiger charge is -2.15. The third-order valence-electron chi connectivity index (χ3n) is 7.80. The Morgan fingerprint density at radius 2 is 1.63 bits per heavy atom. The summed E-state index contributed by atoms with van der Waals surface area (Å²) < 4.78 is 46.2. The Hall–Kier alpha value is -4.31. The maximum Gasteiger partial charge on any atom is 0.255 e. The Balaban J connectivity index is 1.29. The molecule has 4 aromatic rings. The van der Waals surface area contributed by atoms with Crippen molar-refractivity contribution in [3.05, 3.63) is 83.7 Å². The molecule has 0 unspecified atom stereocenters. The number of nitrogens with one attached hydrogen (secondary N) is 2. The van der Waals surface area contributed by atoms with Crippen LogP contribution >= 0.6 is 0 Å². The first kappa shape index (κ1) is 26.9. The van der Waals surface area contributed by atoms with Crippen molar-refractivity contribution in [1.29, 1.82) is 0 Å². The summed E-state index contributed by atoms with van der Waals surface area (Å²) in [6.45, 7) is 0. The van der Waals surface area contributed by atoms with Crippen molar-refractivity contribution in [3.63, 3.8) is 0 Å². The highest BCUT2D eigenvalue weighted by Crippen LogP contribution is 2.50. The minimum Gasteiger partial charge on any atom is -0.455 e. The van der Waals surface area contributed by atoms with Crippen LogP contribution in [0.1, 0.15) is 52.8 Å². The van der Waals surface area contributed by atoms with E-state index in [1.165, 1.54) is 19.2 Å². The lowest BCUT2D eigenvalue weighted by Crippen LogP contribution is -2.39. The van der Waals surface area contributed by atoms with E-state index in [1.54, 1.807) is 42.5 Å². The van der Waals surface area contributed by atoms with Crippen LogP contribution in [0.15, 0.2) is 71.1 Å². The van der Waals surface area contributed by atoms with Crippen molar-refractivity contribution in [1.82, 2.24) is 10.0 Å². The Bertz CT molecular complexity index is 1820. The third-order valence-corrected chi connectivity index (χ3v) is 9.62. The number of hydrogen-bond donors (Lipinski definition) is 2. The molecule has 0 atom stereocenters. The molecule has 2 saturated carbocycles. The summed E-state index contributed by atoms with van der Waals surface area (Å²) >= 11 is 0. The van der Waals surface area contributed by atoms with Gasteiger partial charge in [-0.15, -0.1) is 0 Å². The molecule has 2 aliphatic rings. The molecule has 0 aliphatic heterocycles. The lowest BCUT2D eigenvalue weighted by molar-refractivity contribution is -0.124. The van der Waals surface area contributed by atoms with Crippen LogP contribution < -0.4 is 10.0 Å². The number of benzene rings is 3. The van der Waals surface area contributed by atoms with E-state index in [1.807, 2.05) is 12.1 Å². The number of amides is 2.